The van der Waals surface area contributed by atoms with Gasteiger partial charge in [0.05, 0.1) is 17.4 Å². The number of hydrogen-bond donors (Lipinski definition) is 1. The number of halogens is 1. The number of rotatable bonds is 2. The van der Waals surface area contributed by atoms with Gasteiger partial charge in [0.15, 0.2) is 0 Å². The molecule has 0 atom stereocenters. The zero-order valence-corrected chi connectivity index (χ0v) is 9.55. The molecule has 4 heteroatoms. The number of hydrogen-bond acceptors (Lipinski definition) is 2. The molecule has 0 aliphatic rings. The fourth-order valence-electron chi connectivity index (χ4n) is 1.96. The zero-order chi connectivity index (χ0) is 12.5. The average Bonchev–Trinajstić information content (AvgIpc) is 2.74. The lowest BCUT2D eigenvalue weighted by Crippen LogP contribution is -1.97. The molecule has 90 valence electrons. The Hall–Kier alpha value is -2.36. The number of nitrogens with zero attached hydrogens (tertiary/aromatic N) is 2. The molecule has 0 aliphatic carbocycles. The fourth-order valence-corrected chi connectivity index (χ4v) is 1.96. The van der Waals surface area contributed by atoms with E-state index in [0.29, 0.717) is 12.1 Å². The Kier molecular flexibility index (Phi) is 2.48. The van der Waals surface area contributed by atoms with Crippen molar-refractivity contribution in [1.29, 1.82) is 0 Å². The maximum atomic E-state index is 13.0. The lowest BCUT2D eigenvalue weighted by molar-refractivity contribution is 0.475. The third-order valence-electron chi connectivity index (χ3n) is 2.87. The normalized spacial score (nSPS) is 10.9. The van der Waals surface area contributed by atoms with Crippen LogP contribution in [-0.2, 0) is 6.54 Å². The third-order valence-corrected chi connectivity index (χ3v) is 2.87. The predicted molar refractivity (Wildman–Crippen MR) is 66.9 cm³/mol. The van der Waals surface area contributed by atoms with Crippen molar-refractivity contribution in [2.45, 2.75) is 6.54 Å². The molecule has 0 saturated carbocycles. The fraction of sp³-hybridized carbons (Fsp3) is 0.0714. The highest BCUT2D eigenvalue weighted by Crippen LogP contribution is 2.17. The van der Waals surface area contributed by atoms with Crippen LogP contribution in [0.25, 0.3) is 11.0 Å². The first-order valence-corrected chi connectivity index (χ1v) is 5.61. The van der Waals surface area contributed by atoms with Crippen molar-refractivity contribution >= 4 is 11.0 Å². The number of fused-ring (bicyclic) bond motifs is 1. The molecule has 1 heterocycles. The van der Waals surface area contributed by atoms with Gasteiger partial charge < -0.3 is 9.67 Å². The van der Waals surface area contributed by atoms with E-state index < -0.39 is 0 Å². The second-order valence-corrected chi connectivity index (χ2v) is 4.17. The Morgan fingerprint density at radius 1 is 1.11 bits per heavy atom. The van der Waals surface area contributed by atoms with Crippen LogP contribution in [0.1, 0.15) is 5.56 Å². The summed E-state index contributed by atoms with van der Waals surface area (Å²) >= 11 is 0. The highest BCUT2D eigenvalue weighted by molar-refractivity contribution is 5.75. The topological polar surface area (TPSA) is 38.0 Å². The number of aromatic nitrogens is 2. The van der Waals surface area contributed by atoms with Crippen molar-refractivity contribution in [2.75, 3.05) is 0 Å². The monoisotopic (exact) mass is 242 g/mol. The Morgan fingerprint density at radius 3 is 2.67 bits per heavy atom. The Morgan fingerprint density at radius 2 is 1.89 bits per heavy atom. The minimum absolute atomic E-state index is 0.247. The first-order chi connectivity index (χ1) is 8.72. The van der Waals surface area contributed by atoms with Crippen LogP contribution in [0.3, 0.4) is 0 Å². The van der Waals surface area contributed by atoms with Crippen molar-refractivity contribution in [3.8, 4) is 5.75 Å². The molecular formula is C14H11FN2O. The van der Waals surface area contributed by atoms with Gasteiger partial charge in [0, 0.05) is 12.6 Å². The van der Waals surface area contributed by atoms with Gasteiger partial charge in [-0.3, -0.25) is 0 Å². The van der Waals surface area contributed by atoms with Crippen LogP contribution in [0.5, 0.6) is 5.75 Å². The van der Waals surface area contributed by atoms with E-state index in [-0.39, 0.29) is 11.6 Å². The summed E-state index contributed by atoms with van der Waals surface area (Å²) in [6, 6.07) is 11.6. The molecular weight excluding hydrogens is 231 g/mol. The van der Waals surface area contributed by atoms with E-state index >= 15 is 0 Å². The van der Waals surface area contributed by atoms with Gasteiger partial charge in [-0.05, 0) is 29.8 Å². The molecule has 3 rings (SSSR count). The van der Waals surface area contributed by atoms with Gasteiger partial charge in [0.25, 0.3) is 0 Å². The minimum Gasteiger partial charge on any atom is -0.508 e. The largest absolute Gasteiger partial charge is 0.508 e. The van der Waals surface area contributed by atoms with Crippen LogP contribution in [0.15, 0.2) is 48.8 Å². The summed E-state index contributed by atoms with van der Waals surface area (Å²) in [7, 11) is 0. The summed E-state index contributed by atoms with van der Waals surface area (Å²) in [5.74, 6) is -0.0336. The van der Waals surface area contributed by atoms with E-state index in [9.17, 15) is 9.50 Å². The molecule has 0 aliphatic heterocycles. The van der Waals surface area contributed by atoms with E-state index in [2.05, 4.69) is 4.98 Å². The molecule has 0 bridgehead atoms. The van der Waals surface area contributed by atoms with E-state index in [1.807, 2.05) is 16.7 Å². The first kappa shape index (κ1) is 10.8. The van der Waals surface area contributed by atoms with E-state index in [0.717, 1.165) is 11.1 Å². The van der Waals surface area contributed by atoms with Crippen LogP contribution in [0.2, 0.25) is 0 Å². The van der Waals surface area contributed by atoms with E-state index in [1.165, 1.54) is 12.1 Å². The quantitative estimate of drug-likeness (QED) is 0.750. The summed E-state index contributed by atoms with van der Waals surface area (Å²) in [5, 5.41) is 9.22. The molecule has 3 nitrogen and oxygen atoms in total. The summed E-state index contributed by atoms with van der Waals surface area (Å²) < 4.78 is 15.0. The first-order valence-electron chi connectivity index (χ1n) is 5.61. The van der Waals surface area contributed by atoms with Gasteiger partial charge in [-0.2, -0.15) is 0 Å². The van der Waals surface area contributed by atoms with Crippen molar-refractivity contribution < 1.29 is 9.50 Å². The second kappa shape index (κ2) is 4.14. The number of phenols is 1. The molecule has 0 amide bonds. The summed E-state index contributed by atoms with van der Waals surface area (Å²) in [4.78, 5) is 4.17. The molecule has 1 N–H and O–H groups in total. The minimum atomic E-state index is -0.280. The van der Waals surface area contributed by atoms with Crippen LogP contribution in [0, 0.1) is 5.82 Å². The molecule has 0 unspecified atom stereocenters. The molecule has 0 saturated heterocycles. The van der Waals surface area contributed by atoms with Crippen LogP contribution < -0.4 is 0 Å². The lowest BCUT2D eigenvalue weighted by atomic mass is 10.2. The maximum absolute atomic E-state index is 13.0. The van der Waals surface area contributed by atoms with Gasteiger partial charge in [0.2, 0.25) is 0 Å². The van der Waals surface area contributed by atoms with Crippen molar-refractivity contribution in [2.24, 2.45) is 0 Å². The highest BCUT2D eigenvalue weighted by Gasteiger charge is 2.04. The second-order valence-electron chi connectivity index (χ2n) is 4.17. The van der Waals surface area contributed by atoms with Crippen molar-refractivity contribution in [1.82, 2.24) is 9.55 Å². The highest BCUT2D eigenvalue weighted by atomic mass is 19.1. The average molecular weight is 242 g/mol. The predicted octanol–water partition coefficient (Wildman–Crippen LogP) is 2.93. The van der Waals surface area contributed by atoms with Crippen LogP contribution >= 0.6 is 0 Å². The van der Waals surface area contributed by atoms with Gasteiger partial charge in [-0.15, -0.1) is 0 Å². The third kappa shape index (κ3) is 1.93. The SMILES string of the molecule is Oc1ccc(Cn2cnc3cc(F)ccc32)cc1. The number of phenolic OH excluding ortho intramolecular Hbond substituents is 1. The summed E-state index contributed by atoms with van der Waals surface area (Å²) in [5.41, 5.74) is 2.59. The molecule has 0 fully saturated rings. The van der Waals surface area contributed by atoms with Gasteiger partial charge >= 0.3 is 0 Å². The maximum Gasteiger partial charge on any atom is 0.125 e. The Bertz CT molecular complexity index is 689. The lowest BCUT2D eigenvalue weighted by Gasteiger charge is -2.04. The number of aromatic hydroxyl groups is 1. The summed E-state index contributed by atoms with van der Waals surface area (Å²) in [6.07, 6.45) is 1.69. The van der Waals surface area contributed by atoms with Crippen LogP contribution in [-0.4, -0.2) is 14.7 Å². The number of imidazole rings is 1. The molecule has 0 spiro atoms. The number of benzene rings is 2. The molecule has 1 aromatic heterocycles. The van der Waals surface area contributed by atoms with Gasteiger partial charge in [-0.25, -0.2) is 9.37 Å². The Labute approximate surface area is 103 Å². The zero-order valence-electron chi connectivity index (χ0n) is 9.55. The molecule has 0 radical (unpaired) electrons. The van der Waals surface area contributed by atoms with Gasteiger partial charge in [-0.1, -0.05) is 12.1 Å². The molecule has 2 aromatic carbocycles. The standard InChI is InChI=1S/C14H11FN2O/c15-11-3-6-14-13(7-11)16-9-17(14)8-10-1-4-12(18)5-2-10/h1-7,9,18H,8H2. The molecule has 18 heavy (non-hydrogen) atoms. The van der Waals surface area contributed by atoms with Crippen molar-refractivity contribution in [3.05, 3.63) is 60.2 Å². The molecule has 3 aromatic rings. The van der Waals surface area contributed by atoms with Crippen LogP contribution in [0.4, 0.5) is 4.39 Å². The van der Waals surface area contributed by atoms with E-state index in [1.54, 1.807) is 24.5 Å². The van der Waals surface area contributed by atoms with Gasteiger partial charge in [0.1, 0.15) is 11.6 Å². The smallest absolute Gasteiger partial charge is 0.125 e. The van der Waals surface area contributed by atoms with E-state index in [4.69, 9.17) is 0 Å². The summed E-state index contributed by atoms with van der Waals surface area (Å²) in [6.45, 7) is 0.641. The van der Waals surface area contributed by atoms with Crippen molar-refractivity contribution in [3.63, 3.8) is 0 Å². The Balaban J connectivity index is 1.97.